The van der Waals surface area contributed by atoms with Crippen LogP contribution in [0.3, 0.4) is 0 Å². The van der Waals surface area contributed by atoms with Crippen LogP contribution in [-0.2, 0) is 23.0 Å². The molecule has 24 heavy (non-hydrogen) atoms. The molecule has 6 nitrogen and oxygen atoms in total. The van der Waals surface area contributed by atoms with Gasteiger partial charge in [0.05, 0.1) is 6.26 Å². The molecule has 0 unspecified atom stereocenters. The van der Waals surface area contributed by atoms with E-state index in [-0.39, 0.29) is 5.63 Å². The highest BCUT2D eigenvalue weighted by molar-refractivity contribution is 7.88. The number of rotatable bonds is 4. The Hall–Kier alpha value is -1.70. The molecule has 1 aliphatic heterocycles. The van der Waals surface area contributed by atoms with Crippen LogP contribution >= 0.6 is 0 Å². The lowest BCUT2D eigenvalue weighted by Crippen LogP contribution is -2.47. The molecule has 7 heteroatoms. The molecule has 1 aromatic heterocycles. The maximum atomic E-state index is 11.9. The highest BCUT2D eigenvalue weighted by Gasteiger charge is 2.23. The van der Waals surface area contributed by atoms with Crippen LogP contribution in [0, 0.1) is 0 Å². The van der Waals surface area contributed by atoms with Gasteiger partial charge in [0.15, 0.2) is 0 Å². The molecule has 1 saturated heterocycles. The molecular formula is C17H22N2O4S. The minimum absolute atomic E-state index is 0.347. The van der Waals surface area contributed by atoms with Crippen molar-refractivity contribution in [3.8, 4) is 0 Å². The number of benzene rings is 1. The summed E-state index contributed by atoms with van der Waals surface area (Å²) >= 11 is 0. The lowest BCUT2D eigenvalue weighted by Gasteiger charge is -2.33. The highest BCUT2D eigenvalue weighted by atomic mass is 32.2. The van der Waals surface area contributed by atoms with Crippen molar-refractivity contribution in [3.63, 3.8) is 0 Å². The van der Waals surface area contributed by atoms with Crippen molar-refractivity contribution in [2.24, 2.45) is 0 Å². The first-order chi connectivity index (χ1) is 11.4. The number of nitrogens with zero attached hydrogens (tertiary/aromatic N) is 2. The van der Waals surface area contributed by atoms with Crippen LogP contribution in [0.25, 0.3) is 11.0 Å². The summed E-state index contributed by atoms with van der Waals surface area (Å²) in [5.41, 5.74) is 2.33. The molecule has 0 spiro atoms. The third kappa shape index (κ3) is 3.68. The van der Waals surface area contributed by atoms with Crippen LogP contribution in [0.4, 0.5) is 0 Å². The fraction of sp³-hybridized carbons (Fsp3) is 0.471. The van der Waals surface area contributed by atoms with E-state index >= 15 is 0 Å². The first-order valence-corrected chi connectivity index (χ1v) is 9.95. The van der Waals surface area contributed by atoms with Gasteiger partial charge in [-0.15, -0.1) is 0 Å². The number of fused-ring (bicyclic) bond motifs is 1. The van der Waals surface area contributed by atoms with Crippen molar-refractivity contribution >= 4 is 21.0 Å². The zero-order valence-corrected chi connectivity index (χ0v) is 14.8. The SMILES string of the molecule is CCc1ccc2c(CN3CCN(S(C)(=O)=O)CC3)cc(=O)oc2c1. The van der Waals surface area contributed by atoms with E-state index in [4.69, 9.17) is 4.42 Å². The van der Waals surface area contributed by atoms with Gasteiger partial charge >= 0.3 is 5.63 Å². The minimum Gasteiger partial charge on any atom is -0.423 e. The number of sulfonamides is 1. The number of aryl methyl sites for hydroxylation is 1. The van der Waals surface area contributed by atoms with Crippen molar-refractivity contribution in [1.29, 1.82) is 0 Å². The largest absolute Gasteiger partial charge is 0.423 e. The van der Waals surface area contributed by atoms with E-state index in [2.05, 4.69) is 11.8 Å². The van der Waals surface area contributed by atoms with E-state index in [0.717, 1.165) is 22.9 Å². The summed E-state index contributed by atoms with van der Waals surface area (Å²) in [5.74, 6) is 0. The molecule has 0 atom stereocenters. The Balaban J connectivity index is 1.82. The Morgan fingerprint density at radius 3 is 2.46 bits per heavy atom. The van der Waals surface area contributed by atoms with E-state index < -0.39 is 10.0 Å². The number of hydrogen-bond acceptors (Lipinski definition) is 5. The maximum absolute atomic E-state index is 11.9. The third-order valence-corrected chi connectivity index (χ3v) is 5.80. The van der Waals surface area contributed by atoms with E-state index in [1.54, 1.807) is 0 Å². The number of piperazine rings is 1. The quantitative estimate of drug-likeness (QED) is 0.780. The predicted octanol–water partition coefficient (Wildman–Crippen LogP) is 1.43. The first kappa shape index (κ1) is 17.1. The van der Waals surface area contributed by atoms with E-state index in [1.165, 1.54) is 16.6 Å². The molecule has 0 aliphatic carbocycles. The molecule has 3 rings (SSSR count). The van der Waals surface area contributed by atoms with Crippen LogP contribution in [-0.4, -0.2) is 50.1 Å². The Bertz CT molecular complexity index is 896. The first-order valence-electron chi connectivity index (χ1n) is 8.10. The fourth-order valence-electron chi connectivity index (χ4n) is 3.09. The highest BCUT2D eigenvalue weighted by Crippen LogP contribution is 2.21. The van der Waals surface area contributed by atoms with Crippen molar-refractivity contribution in [2.75, 3.05) is 32.4 Å². The summed E-state index contributed by atoms with van der Waals surface area (Å²) < 4.78 is 30.0. The molecule has 130 valence electrons. The van der Waals surface area contributed by atoms with Crippen LogP contribution in [0.1, 0.15) is 18.1 Å². The van der Waals surface area contributed by atoms with E-state index in [9.17, 15) is 13.2 Å². The van der Waals surface area contributed by atoms with Crippen LogP contribution in [0.5, 0.6) is 0 Å². The Morgan fingerprint density at radius 2 is 1.83 bits per heavy atom. The molecule has 0 N–H and O–H groups in total. The van der Waals surface area contributed by atoms with Gasteiger partial charge in [-0.3, -0.25) is 4.90 Å². The van der Waals surface area contributed by atoms with Gasteiger partial charge in [-0.05, 0) is 23.6 Å². The molecule has 2 aromatic rings. The van der Waals surface area contributed by atoms with Gasteiger partial charge in [-0.25, -0.2) is 13.2 Å². The second-order valence-corrected chi connectivity index (χ2v) is 8.20. The normalized spacial score (nSPS) is 17.4. The van der Waals surface area contributed by atoms with Gasteiger partial charge < -0.3 is 4.42 Å². The fourth-order valence-corrected chi connectivity index (χ4v) is 3.91. The maximum Gasteiger partial charge on any atom is 0.336 e. The summed E-state index contributed by atoms with van der Waals surface area (Å²) in [5, 5.41) is 0.942. The number of hydrogen-bond donors (Lipinski definition) is 0. The Morgan fingerprint density at radius 1 is 1.12 bits per heavy atom. The molecule has 1 aliphatic rings. The molecule has 1 fully saturated rings. The van der Waals surface area contributed by atoms with Gasteiger partial charge in [0.2, 0.25) is 10.0 Å². The van der Waals surface area contributed by atoms with Crippen LogP contribution in [0.2, 0.25) is 0 Å². The van der Waals surface area contributed by atoms with Crippen molar-refractivity contribution < 1.29 is 12.8 Å². The summed E-state index contributed by atoms with van der Waals surface area (Å²) in [4.78, 5) is 14.0. The molecule has 0 saturated carbocycles. The standard InChI is InChI=1S/C17H22N2O4S/c1-3-13-4-5-15-14(11-17(20)23-16(15)10-13)12-18-6-8-19(9-7-18)24(2,21)22/h4-5,10-11H,3,6-9,12H2,1-2H3. The van der Waals surface area contributed by atoms with Gasteiger partial charge in [0, 0.05) is 44.2 Å². The summed E-state index contributed by atoms with van der Waals surface area (Å²) in [7, 11) is -3.13. The molecule has 1 aromatic carbocycles. The van der Waals surface area contributed by atoms with Crippen LogP contribution < -0.4 is 5.63 Å². The van der Waals surface area contributed by atoms with Gasteiger partial charge in [-0.2, -0.15) is 4.31 Å². The zero-order valence-electron chi connectivity index (χ0n) is 14.0. The predicted molar refractivity (Wildman–Crippen MR) is 93.6 cm³/mol. The average molecular weight is 350 g/mol. The van der Waals surface area contributed by atoms with Gasteiger partial charge in [0.25, 0.3) is 0 Å². The molecular weight excluding hydrogens is 328 g/mol. The van der Waals surface area contributed by atoms with Crippen molar-refractivity contribution in [1.82, 2.24) is 9.21 Å². The lowest BCUT2D eigenvalue weighted by atomic mass is 10.1. The monoisotopic (exact) mass is 350 g/mol. The van der Waals surface area contributed by atoms with E-state index in [0.29, 0.717) is 38.3 Å². The average Bonchev–Trinajstić information content (AvgIpc) is 2.53. The summed E-state index contributed by atoms with van der Waals surface area (Å²) in [6.07, 6.45) is 2.13. The topological polar surface area (TPSA) is 70.8 Å². The van der Waals surface area contributed by atoms with Crippen LogP contribution in [0.15, 0.2) is 33.5 Å². The van der Waals surface area contributed by atoms with Crippen molar-refractivity contribution in [2.45, 2.75) is 19.9 Å². The summed E-state index contributed by atoms with van der Waals surface area (Å²) in [6.45, 7) is 4.95. The van der Waals surface area contributed by atoms with Crippen molar-refractivity contribution in [3.05, 3.63) is 45.8 Å². The smallest absolute Gasteiger partial charge is 0.336 e. The molecule has 0 amide bonds. The Labute approximate surface area is 141 Å². The molecule has 2 heterocycles. The zero-order chi connectivity index (χ0) is 17.3. The lowest BCUT2D eigenvalue weighted by molar-refractivity contribution is 0.182. The third-order valence-electron chi connectivity index (χ3n) is 4.50. The van der Waals surface area contributed by atoms with Gasteiger partial charge in [0.1, 0.15) is 5.58 Å². The molecule has 0 radical (unpaired) electrons. The Kier molecular flexibility index (Phi) is 4.76. The van der Waals surface area contributed by atoms with E-state index in [1.807, 2.05) is 18.2 Å². The second-order valence-electron chi connectivity index (χ2n) is 6.21. The second kappa shape index (κ2) is 6.66. The summed E-state index contributed by atoms with van der Waals surface area (Å²) in [6, 6.07) is 7.51. The minimum atomic E-state index is -3.13. The van der Waals surface area contributed by atoms with Gasteiger partial charge in [-0.1, -0.05) is 19.1 Å². The molecule has 0 bridgehead atoms.